The number of unbranched alkanes of at least 4 members (excludes halogenated alkanes) is 5. The third kappa shape index (κ3) is 35.9. The Bertz CT molecular complexity index is 2090. The van der Waals surface area contributed by atoms with E-state index in [1.807, 2.05) is 84.0 Å². The zero-order valence-electron chi connectivity index (χ0n) is 49.2. The first-order valence-electron chi connectivity index (χ1n) is 26.4. The summed E-state index contributed by atoms with van der Waals surface area (Å²) in [6, 6.07) is 14.8. The monoisotopic (exact) mass is 1160 g/mol. The van der Waals surface area contributed by atoms with E-state index in [1.54, 1.807) is 40.7 Å². The van der Waals surface area contributed by atoms with Crippen LogP contribution < -0.4 is 21.3 Å². The number of nitrogens with one attached hydrogen (secondary N) is 4. The molecule has 1 radical (unpaired) electrons. The second kappa shape index (κ2) is 40.2. The predicted octanol–water partition coefficient (Wildman–Crippen LogP) is 11.5. The first-order valence-corrected chi connectivity index (χ1v) is 26.4. The van der Waals surface area contributed by atoms with Crippen molar-refractivity contribution in [3.63, 3.8) is 0 Å². The van der Waals surface area contributed by atoms with Crippen molar-refractivity contribution >= 4 is 36.3 Å². The number of rotatable bonds is 28. The molecule has 0 spiro atoms. The van der Waals surface area contributed by atoms with Crippen molar-refractivity contribution in [3.05, 3.63) is 95.1 Å². The van der Waals surface area contributed by atoms with Gasteiger partial charge in [-0.3, -0.25) is 0 Å². The Balaban J connectivity index is -0.00000118. The zero-order valence-corrected chi connectivity index (χ0v) is 52.0. The van der Waals surface area contributed by atoms with Crippen LogP contribution >= 0.6 is 0 Å². The molecule has 2 aromatic rings. The zero-order chi connectivity index (χ0) is 58.7. The number of carboxylic acid groups (broad SMARTS) is 1. The number of aliphatic hydroxyl groups is 2. The summed E-state index contributed by atoms with van der Waals surface area (Å²) in [7, 11) is 0. The predicted molar refractivity (Wildman–Crippen MR) is 298 cm³/mol. The van der Waals surface area contributed by atoms with Crippen molar-refractivity contribution in [1.29, 1.82) is 0 Å². The van der Waals surface area contributed by atoms with Crippen molar-refractivity contribution in [2.75, 3.05) is 39.6 Å². The number of benzene rings is 2. The summed E-state index contributed by atoms with van der Waals surface area (Å²) >= 11 is 0. The van der Waals surface area contributed by atoms with Gasteiger partial charge in [0, 0.05) is 50.5 Å². The summed E-state index contributed by atoms with van der Waals surface area (Å²) in [5.41, 5.74) is 0.648. The number of aliphatic hydroxyl groups excluding tert-OH is 2. The molecule has 1 atom stereocenters. The molecule has 0 heterocycles. The summed E-state index contributed by atoms with van der Waals surface area (Å²) in [6.07, 6.45) is 6.15. The van der Waals surface area contributed by atoms with Gasteiger partial charge in [-0.15, -0.1) is 0 Å². The van der Waals surface area contributed by atoms with Crippen molar-refractivity contribution in [2.45, 2.75) is 190 Å². The number of carbonyl (C=O) groups excluding carboxylic acids is 5. The maximum absolute atomic E-state index is 12.3. The van der Waals surface area contributed by atoms with E-state index in [1.165, 1.54) is 39.5 Å². The van der Waals surface area contributed by atoms with Gasteiger partial charge in [-0.25, -0.2) is 28.8 Å². The van der Waals surface area contributed by atoms with E-state index in [4.69, 9.17) is 33.9 Å². The fourth-order valence-corrected chi connectivity index (χ4v) is 6.71. The molecule has 19 heteroatoms. The summed E-state index contributed by atoms with van der Waals surface area (Å²) in [5, 5.41) is 37.7. The fourth-order valence-electron chi connectivity index (χ4n) is 6.71. The molecule has 0 aromatic heterocycles. The Morgan fingerprint density at radius 2 is 0.818 bits per heavy atom. The van der Waals surface area contributed by atoms with Gasteiger partial charge in [0.05, 0.1) is 34.9 Å². The molecule has 2 aromatic carbocycles. The number of hydrogen-bond acceptors (Lipinski definition) is 13. The topological polar surface area (TPSA) is 257 Å². The standard InChI is InChI=1S/C27H42N2O7.C20H28N2O6.C9H20O.C2H6.Y/c1-19(2)23(31)34-16-17-36-25(33)29-27(6,7)22-14-11-13-21(18-22)26(4,5)28-24(32)35-15-10-8-9-12-20(3)30;1-13(2)16(23)27-10-11-28-18(26)22-20(5,6)15-9-7-8-14(12-15)19(3,4)21-17(24)25;1-9(2)7-5-3-4-6-8-10;1-2;/h11,13-14,18,20,30H,1,8-10,12,15-17H2,2-7H3,(H,28,32)(H,29,33);7-9,12,21H,1,10-11H2,2-6H3,(H,22,26)(H,24,25);9-10H,3-8H2,1-2H3;1-2H3;. The van der Waals surface area contributed by atoms with Crippen molar-refractivity contribution in [2.24, 2.45) is 5.92 Å². The average molecular weight is 1160 g/mol. The quantitative estimate of drug-likeness (QED) is 0.0181. The smallest absolute Gasteiger partial charge is 0.407 e. The van der Waals surface area contributed by atoms with Crippen LogP contribution in [0.1, 0.15) is 184 Å². The van der Waals surface area contributed by atoms with Gasteiger partial charge in [-0.05, 0) is 130 Å². The Morgan fingerprint density at radius 3 is 1.14 bits per heavy atom. The van der Waals surface area contributed by atoms with Crippen LogP contribution in [0, 0.1) is 5.92 Å². The van der Waals surface area contributed by atoms with E-state index in [2.05, 4.69) is 48.3 Å². The van der Waals surface area contributed by atoms with Crippen LogP contribution in [-0.2, 0) is 88.1 Å². The SMILES string of the molecule is C=C(C)C(=O)OCCOC(=O)NC(C)(C)c1cccc(C(C)(C)NC(=O)O)c1.C=C(C)C(=O)OCCOC(=O)NC(C)(C)c1cccc(C(C)(C)NC(=O)OCCCCCC(C)O)c1.CC.CC(C)CCCCCCO.[Y]. The van der Waals surface area contributed by atoms with Gasteiger partial charge in [0.25, 0.3) is 0 Å². The van der Waals surface area contributed by atoms with E-state index >= 15 is 0 Å². The van der Waals surface area contributed by atoms with Crippen LogP contribution in [0.4, 0.5) is 19.2 Å². The fraction of sp³-hybridized carbons (Fsp3) is 0.621. The number of esters is 2. The molecule has 1 unspecified atom stereocenters. The Kier molecular flexibility index (Phi) is 39.8. The summed E-state index contributed by atoms with van der Waals surface area (Å²) in [4.78, 5) is 70.3. The molecular weight excluding hydrogens is 1070 g/mol. The summed E-state index contributed by atoms with van der Waals surface area (Å²) < 4.78 is 25.2. The molecule has 7 N–H and O–H groups in total. The largest absolute Gasteiger partial charge is 0.465 e. The maximum atomic E-state index is 12.3. The van der Waals surface area contributed by atoms with Crippen molar-refractivity contribution in [1.82, 2.24) is 21.3 Å². The molecule has 4 amide bonds. The van der Waals surface area contributed by atoms with Crippen molar-refractivity contribution in [3.8, 4) is 0 Å². The maximum Gasteiger partial charge on any atom is 0.407 e. The third-order valence-electron chi connectivity index (χ3n) is 11.3. The first-order chi connectivity index (χ1) is 35.4. The molecule has 0 aliphatic rings. The Labute approximate surface area is 485 Å². The molecule has 0 aliphatic heterocycles. The minimum atomic E-state index is -1.12. The van der Waals surface area contributed by atoms with Crippen molar-refractivity contribution < 1.29 is 100 Å². The molecule has 0 bridgehead atoms. The van der Waals surface area contributed by atoms with Gasteiger partial charge in [-0.1, -0.05) is 121 Å². The van der Waals surface area contributed by atoms with Crippen LogP contribution in [0.25, 0.3) is 0 Å². The number of alkyl carbamates (subject to hydrolysis) is 3. The van der Waals surface area contributed by atoms with Gasteiger partial charge >= 0.3 is 36.3 Å². The van der Waals surface area contributed by atoms with Gasteiger partial charge in [0.15, 0.2) is 0 Å². The third-order valence-corrected chi connectivity index (χ3v) is 11.3. The van der Waals surface area contributed by atoms with Gasteiger partial charge < -0.3 is 60.3 Å². The summed E-state index contributed by atoms with van der Waals surface area (Å²) in [5.74, 6) is -0.239. The molecule has 0 saturated carbocycles. The number of carbonyl (C=O) groups is 6. The number of amides is 4. The number of ether oxygens (including phenoxy) is 5. The average Bonchev–Trinajstić information content (AvgIpc) is 3.32. The van der Waals surface area contributed by atoms with Gasteiger partial charge in [0.2, 0.25) is 0 Å². The minimum Gasteiger partial charge on any atom is -0.465 e. The molecule has 77 heavy (non-hydrogen) atoms. The van der Waals surface area contributed by atoms with Crippen LogP contribution in [0.2, 0.25) is 0 Å². The molecule has 18 nitrogen and oxygen atoms in total. The minimum absolute atomic E-state index is 0. The molecule has 0 aliphatic carbocycles. The number of hydrogen-bond donors (Lipinski definition) is 7. The van der Waals surface area contributed by atoms with Crippen LogP contribution in [0.5, 0.6) is 0 Å². The molecule has 0 fully saturated rings. The van der Waals surface area contributed by atoms with E-state index < -0.39 is 58.5 Å². The molecule has 2 rings (SSSR count). The second-order valence-electron chi connectivity index (χ2n) is 20.7. The Morgan fingerprint density at radius 1 is 0.506 bits per heavy atom. The van der Waals surface area contributed by atoms with E-state index in [9.17, 15) is 33.9 Å². The molecular formula is C58H96N4O14Y. The molecule has 435 valence electrons. The van der Waals surface area contributed by atoms with Gasteiger partial charge in [-0.2, -0.15) is 0 Å². The Hall–Kier alpha value is -5.04. The summed E-state index contributed by atoms with van der Waals surface area (Å²) in [6.45, 7) is 35.2. The molecule has 0 saturated heterocycles. The van der Waals surface area contributed by atoms with Crippen LogP contribution in [-0.4, -0.2) is 97.4 Å². The van der Waals surface area contributed by atoms with Gasteiger partial charge in [0.1, 0.15) is 26.4 Å². The van der Waals surface area contributed by atoms with E-state index in [0.29, 0.717) is 13.2 Å². The van der Waals surface area contributed by atoms with E-state index in [0.717, 1.165) is 60.3 Å². The van der Waals surface area contributed by atoms with Crippen LogP contribution in [0.15, 0.2) is 72.8 Å². The first kappa shape index (κ1) is 76.2. The second-order valence-corrected chi connectivity index (χ2v) is 20.7. The normalized spacial score (nSPS) is 11.4. The van der Waals surface area contributed by atoms with Crippen LogP contribution in [0.3, 0.4) is 0 Å². The van der Waals surface area contributed by atoms with E-state index in [-0.39, 0.29) is 76.4 Å².